The fourth-order valence-electron chi connectivity index (χ4n) is 1.67. The summed E-state index contributed by atoms with van der Waals surface area (Å²) in [4.78, 5) is 12.3. The van der Waals surface area contributed by atoms with E-state index in [1.165, 1.54) is 10.6 Å². The van der Waals surface area contributed by atoms with Crippen LogP contribution < -0.4 is 5.48 Å². The number of thiazole rings is 1. The average molecular weight is 253 g/mol. The zero-order valence-corrected chi connectivity index (χ0v) is 11.6. The summed E-state index contributed by atoms with van der Waals surface area (Å²) in [7, 11) is 0. The minimum absolute atomic E-state index is 0.539. The summed E-state index contributed by atoms with van der Waals surface area (Å²) in [6, 6.07) is 0. The smallest absolute Gasteiger partial charge is 0.194 e. The van der Waals surface area contributed by atoms with Crippen molar-refractivity contribution in [2.75, 3.05) is 6.61 Å². The average Bonchev–Trinajstić information content (AvgIpc) is 2.69. The summed E-state index contributed by atoms with van der Waals surface area (Å²) in [5, 5.41) is 0. The Morgan fingerprint density at radius 2 is 2.24 bits per heavy atom. The number of hydroxylamine groups is 1. The van der Waals surface area contributed by atoms with E-state index in [-0.39, 0.29) is 0 Å². The van der Waals surface area contributed by atoms with Crippen LogP contribution in [0.4, 0.5) is 0 Å². The third kappa shape index (κ3) is 2.86. The lowest BCUT2D eigenvalue weighted by Crippen LogP contribution is -2.18. The van der Waals surface area contributed by atoms with Gasteiger partial charge in [-0.3, -0.25) is 4.40 Å². The topological polar surface area (TPSA) is 38.6 Å². The van der Waals surface area contributed by atoms with Crippen molar-refractivity contribution in [1.82, 2.24) is 14.9 Å². The molecule has 0 saturated carbocycles. The zero-order valence-electron chi connectivity index (χ0n) is 10.8. The molecule has 0 aliphatic carbocycles. The molecule has 94 valence electrons. The van der Waals surface area contributed by atoms with Crippen molar-refractivity contribution in [1.29, 1.82) is 0 Å². The van der Waals surface area contributed by atoms with Crippen LogP contribution in [0.1, 0.15) is 30.1 Å². The molecule has 4 nitrogen and oxygen atoms in total. The van der Waals surface area contributed by atoms with E-state index in [0.29, 0.717) is 12.5 Å². The van der Waals surface area contributed by atoms with E-state index >= 15 is 0 Å². The van der Waals surface area contributed by atoms with Crippen LogP contribution in [0.5, 0.6) is 0 Å². The Morgan fingerprint density at radius 3 is 2.94 bits per heavy atom. The highest BCUT2D eigenvalue weighted by Gasteiger charge is 2.10. The van der Waals surface area contributed by atoms with Crippen molar-refractivity contribution in [2.24, 2.45) is 5.92 Å². The molecule has 17 heavy (non-hydrogen) atoms. The molecule has 0 aliphatic rings. The van der Waals surface area contributed by atoms with Gasteiger partial charge in [-0.1, -0.05) is 13.8 Å². The number of nitrogens with zero attached hydrogens (tertiary/aromatic N) is 2. The maximum atomic E-state index is 5.39. The van der Waals surface area contributed by atoms with Crippen LogP contribution >= 0.6 is 11.3 Å². The van der Waals surface area contributed by atoms with E-state index in [2.05, 4.69) is 41.8 Å². The second kappa shape index (κ2) is 5.16. The second-order valence-electron chi connectivity index (χ2n) is 4.66. The maximum Gasteiger partial charge on any atom is 0.194 e. The molecule has 0 saturated heterocycles. The Morgan fingerprint density at radius 1 is 1.47 bits per heavy atom. The van der Waals surface area contributed by atoms with Gasteiger partial charge in [-0.15, -0.1) is 11.3 Å². The Labute approximate surface area is 106 Å². The SMILES string of the molecule is Cc1cn2c(CNOCC(C)C)c(C)nc2s1. The maximum absolute atomic E-state index is 5.39. The molecule has 0 bridgehead atoms. The lowest BCUT2D eigenvalue weighted by atomic mass is 10.2. The van der Waals surface area contributed by atoms with Crippen LogP contribution in [0.2, 0.25) is 0 Å². The highest BCUT2D eigenvalue weighted by molar-refractivity contribution is 7.17. The van der Waals surface area contributed by atoms with Gasteiger partial charge in [-0.2, -0.15) is 5.48 Å². The van der Waals surface area contributed by atoms with Gasteiger partial charge in [-0.25, -0.2) is 4.98 Å². The first kappa shape index (κ1) is 12.5. The van der Waals surface area contributed by atoms with E-state index < -0.39 is 0 Å². The standard InChI is InChI=1S/C12H19N3OS/c1-8(2)7-16-13-5-11-10(4)14-12-15(11)6-9(3)17-12/h6,8,13H,5,7H2,1-4H3. The monoisotopic (exact) mass is 253 g/mol. The fraction of sp³-hybridized carbons (Fsp3) is 0.583. The van der Waals surface area contributed by atoms with Crippen LogP contribution in [-0.4, -0.2) is 16.0 Å². The molecule has 2 heterocycles. The molecule has 5 heteroatoms. The summed E-state index contributed by atoms with van der Waals surface area (Å²) in [6.45, 7) is 9.81. The molecule has 0 aromatic carbocycles. The third-order valence-electron chi connectivity index (χ3n) is 2.50. The lowest BCUT2D eigenvalue weighted by molar-refractivity contribution is 0.0188. The van der Waals surface area contributed by atoms with Crippen molar-refractivity contribution < 1.29 is 4.84 Å². The Balaban J connectivity index is 2.04. The minimum Gasteiger partial charge on any atom is -0.301 e. The fourth-order valence-corrected chi connectivity index (χ4v) is 2.56. The zero-order chi connectivity index (χ0) is 12.4. The molecule has 0 radical (unpaired) electrons. The van der Waals surface area contributed by atoms with Gasteiger partial charge in [0.1, 0.15) is 0 Å². The molecule has 0 atom stereocenters. The van der Waals surface area contributed by atoms with Crippen LogP contribution in [0.3, 0.4) is 0 Å². The number of aromatic nitrogens is 2. The molecular weight excluding hydrogens is 234 g/mol. The van der Waals surface area contributed by atoms with E-state index in [9.17, 15) is 0 Å². The van der Waals surface area contributed by atoms with E-state index in [1.54, 1.807) is 11.3 Å². The number of fused-ring (bicyclic) bond motifs is 1. The predicted octanol–water partition coefficient (Wildman–Crippen LogP) is 2.69. The van der Waals surface area contributed by atoms with Crippen molar-refractivity contribution >= 4 is 16.3 Å². The number of nitrogens with one attached hydrogen (secondary N) is 1. The van der Waals surface area contributed by atoms with Gasteiger partial charge >= 0.3 is 0 Å². The molecule has 2 aromatic rings. The number of rotatable bonds is 5. The number of hydrogen-bond acceptors (Lipinski definition) is 4. The molecule has 0 fully saturated rings. The number of imidazole rings is 1. The Kier molecular flexibility index (Phi) is 3.81. The molecule has 2 rings (SSSR count). The summed E-state index contributed by atoms with van der Waals surface area (Å²) >= 11 is 1.71. The lowest BCUT2D eigenvalue weighted by Gasteiger charge is -2.07. The molecule has 0 aliphatic heterocycles. The number of hydrogen-bond donors (Lipinski definition) is 1. The van der Waals surface area contributed by atoms with Crippen LogP contribution in [-0.2, 0) is 11.4 Å². The molecule has 0 spiro atoms. The van der Waals surface area contributed by atoms with Gasteiger partial charge in [0.2, 0.25) is 0 Å². The number of aryl methyl sites for hydroxylation is 2. The highest BCUT2D eigenvalue weighted by atomic mass is 32.1. The predicted molar refractivity (Wildman–Crippen MR) is 70.2 cm³/mol. The molecular formula is C12H19N3OS. The van der Waals surface area contributed by atoms with Crippen molar-refractivity contribution in [3.05, 3.63) is 22.5 Å². The minimum atomic E-state index is 0.539. The molecule has 0 unspecified atom stereocenters. The largest absolute Gasteiger partial charge is 0.301 e. The van der Waals surface area contributed by atoms with Crippen LogP contribution in [0, 0.1) is 19.8 Å². The van der Waals surface area contributed by atoms with Crippen molar-refractivity contribution in [2.45, 2.75) is 34.2 Å². The van der Waals surface area contributed by atoms with Gasteiger partial charge in [0.05, 0.1) is 24.5 Å². The highest BCUT2D eigenvalue weighted by Crippen LogP contribution is 2.20. The summed E-state index contributed by atoms with van der Waals surface area (Å²) < 4.78 is 2.14. The molecule has 1 N–H and O–H groups in total. The van der Waals surface area contributed by atoms with Crippen molar-refractivity contribution in [3.63, 3.8) is 0 Å². The Bertz CT molecular complexity index is 501. The van der Waals surface area contributed by atoms with Gasteiger partial charge in [0.25, 0.3) is 0 Å². The van der Waals surface area contributed by atoms with E-state index in [0.717, 1.165) is 17.3 Å². The van der Waals surface area contributed by atoms with Crippen LogP contribution in [0.25, 0.3) is 4.96 Å². The van der Waals surface area contributed by atoms with Gasteiger partial charge < -0.3 is 4.84 Å². The first-order chi connectivity index (χ1) is 8.08. The summed E-state index contributed by atoms with van der Waals surface area (Å²) in [6.07, 6.45) is 2.12. The first-order valence-electron chi connectivity index (χ1n) is 5.86. The van der Waals surface area contributed by atoms with Gasteiger partial charge in [-0.05, 0) is 19.8 Å². The summed E-state index contributed by atoms with van der Waals surface area (Å²) in [5.74, 6) is 0.539. The summed E-state index contributed by atoms with van der Waals surface area (Å²) in [5.41, 5.74) is 5.25. The van der Waals surface area contributed by atoms with Crippen molar-refractivity contribution in [3.8, 4) is 0 Å². The van der Waals surface area contributed by atoms with Gasteiger partial charge in [0, 0.05) is 11.1 Å². The quantitative estimate of drug-likeness (QED) is 0.657. The molecule has 0 amide bonds. The Hall–Kier alpha value is -0.910. The molecule has 2 aromatic heterocycles. The second-order valence-corrected chi connectivity index (χ2v) is 5.88. The van der Waals surface area contributed by atoms with Crippen LogP contribution in [0.15, 0.2) is 6.20 Å². The first-order valence-corrected chi connectivity index (χ1v) is 6.68. The normalized spacial score (nSPS) is 11.8. The van der Waals surface area contributed by atoms with Gasteiger partial charge in [0.15, 0.2) is 4.96 Å². The third-order valence-corrected chi connectivity index (χ3v) is 3.40. The van der Waals surface area contributed by atoms with E-state index in [4.69, 9.17) is 4.84 Å². The van der Waals surface area contributed by atoms with E-state index in [1.807, 2.05) is 6.92 Å².